The number of hydrogen-bond donors (Lipinski definition) is 2. The fourth-order valence-electron chi connectivity index (χ4n) is 4.65. The number of nitrogens with one attached hydrogen (secondary N) is 2. The number of amides is 2. The Hall–Kier alpha value is -4.38. The molecule has 2 heterocycles. The highest BCUT2D eigenvalue weighted by Crippen LogP contribution is 2.20. The molecular formula is C31H31N5O4S. The second-order valence-corrected chi connectivity index (χ2v) is 11.7. The molecule has 210 valence electrons. The fourth-order valence-corrected chi connectivity index (χ4v) is 6.10. The number of hydrogen-bond acceptors (Lipinski definition) is 6. The zero-order chi connectivity index (χ0) is 28.7. The topological polar surface area (TPSA) is 112 Å². The number of anilines is 1. The number of aromatic nitrogens is 1. The Morgan fingerprint density at radius 1 is 0.756 bits per heavy atom. The van der Waals surface area contributed by atoms with Crippen LogP contribution in [0.1, 0.15) is 31.8 Å². The van der Waals surface area contributed by atoms with Crippen LogP contribution in [0.15, 0.2) is 108 Å². The van der Waals surface area contributed by atoms with Crippen LogP contribution in [0.3, 0.4) is 0 Å². The summed E-state index contributed by atoms with van der Waals surface area (Å²) in [6.07, 6.45) is 3.36. The number of carbonyl (C=O) groups excluding carboxylic acids is 2. The molecule has 1 aliphatic heterocycles. The van der Waals surface area contributed by atoms with Crippen molar-refractivity contribution >= 4 is 27.5 Å². The summed E-state index contributed by atoms with van der Waals surface area (Å²) in [4.78, 5) is 32.4. The highest BCUT2D eigenvalue weighted by Gasteiger charge is 2.28. The second kappa shape index (κ2) is 12.9. The molecule has 2 N–H and O–H groups in total. The monoisotopic (exact) mass is 569 g/mol. The number of carbonyl (C=O) groups is 2. The first-order valence-corrected chi connectivity index (χ1v) is 14.8. The Labute approximate surface area is 239 Å². The van der Waals surface area contributed by atoms with E-state index in [0.717, 1.165) is 11.1 Å². The first kappa shape index (κ1) is 28.2. The number of nitrogens with zero attached hydrogens (tertiary/aromatic N) is 3. The average molecular weight is 570 g/mol. The Balaban J connectivity index is 1.15. The van der Waals surface area contributed by atoms with Gasteiger partial charge in [0.1, 0.15) is 0 Å². The molecule has 0 aliphatic carbocycles. The molecule has 0 bridgehead atoms. The van der Waals surface area contributed by atoms with Gasteiger partial charge >= 0.3 is 0 Å². The zero-order valence-corrected chi connectivity index (χ0v) is 23.3. The Kier molecular flexibility index (Phi) is 8.83. The summed E-state index contributed by atoms with van der Waals surface area (Å²) in [6, 6.07) is 26.4. The van der Waals surface area contributed by atoms with Crippen molar-refractivity contribution < 1.29 is 18.0 Å². The maximum absolute atomic E-state index is 13.0. The highest BCUT2D eigenvalue weighted by molar-refractivity contribution is 7.89. The van der Waals surface area contributed by atoms with Crippen molar-refractivity contribution in [3.05, 3.63) is 126 Å². The molecule has 0 unspecified atom stereocenters. The maximum atomic E-state index is 13.0. The van der Waals surface area contributed by atoms with Gasteiger partial charge in [-0.25, -0.2) is 8.42 Å². The lowest BCUT2D eigenvalue weighted by Gasteiger charge is -2.34. The van der Waals surface area contributed by atoms with Crippen molar-refractivity contribution in [2.75, 3.05) is 31.5 Å². The van der Waals surface area contributed by atoms with Gasteiger partial charge in [-0.05, 0) is 53.6 Å². The molecule has 0 saturated carbocycles. The number of sulfonamides is 1. The van der Waals surface area contributed by atoms with E-state index in [1.807, 2.05) is 18.2 Å². The van der Waals surface area contributed by atoms with Crippen molar-refractivity contribution in [2.45, 2.75) is 18.0 Å². The van der Waals surface area contributed by atoms with Crippen LogP contribution >= 0.6 is 0 Å². The van der Waals surface area contributed by atoms with E-state index in [0.29, 0.717) is 61.0 Å². The number of pyridine rings is 1. The lowest BCUT2D eigenvalue weighted by Crippen LogP contribution is -2.48. The summed E-state index contributed by atoms with van der Waals surface area (Å²) in [5.74, 6) is -0.611. The zero-order valence-electron chi connectivity index (χ0n) is 22.4. The van der Waals surface area contributed by atoms with Gasteiger partial charge in [-0.1, -0.05) is 48.5 Å². The average Bonchev–Trinajstić information content (AvgIpc) is 3.02. The molecule has 1 aromatic heterocycles. The maximum Gasteiger partial charge on any atom is 0.255 e. The molecule has 41 heavy (non-hydrogen) atoms. The van der Waals surface area contributed by atoms with Gasteiger partial charge in [0.05, 0.1) is 16.1 Å². The molecule has 0 atom stereocenters. The molecule has 4 aromatic rings. The van der Waals surface area contributed by atoms with Crippen LogP contribution in [0.4, 0.5) is 5.69 Å². The van der Waals surface area contributed by atoms with Gasteiger partial charge in [0.15, 0.2) is 0 Å². The molecule has 9 nitrogen and oxygen atoms in total. The van der Waals surface area contributed by atoms with E-state index >= 15 is 0 Å². The number of piperazine rings is 1. The predicted molar refractivity (Wildman–Crippen MR) is 157 cm³/mol. The third-order valence-electron chi connectivity index (χ3n) is 6.93. The summed E-state index contributed by atoms with van der Waals surface area (Å²) in [6.45, 7) is 3.07. The Morgan fingerprint density at radius 2 is 1.46 bits per heavy atom. The van der Waals surface area contributed by atoms with E-state index < -0.39 is 10.0 Å². The fraction of sp³-hybridized carbons (Fsp3) is 0.194. The van der Waals surface area contributed by atoms with Crippen LogP contribution in [-0.4, -0.2) is 60.6 Å². The van der Waals surface area contributed by atoms with Crippen molar-refractivity contribution in [3.8, 4) is 0 Å². The SMILES string of the molecule is O=C(Nc1ccccc1C(=O)NCc1cccnc1)c1ccc(CN2CCN(S(=O)(=O)c3ccccc3)CC2)cc1. The van der Waals surface area contributed by atoms with Gasteiger partial charge in [-0.15, -0.1) is 0 Å². The van der Waals surface area contributed by atoms with Crippen molar-refractivity contribution in [3.63, 3.8) is 0 Å². The summed E-state index contributed by atoms with van der Waals surface area (Å²) in [7, 11) is -3.49. The van der Waals surface area contributed by atoms with E-state index in [1.165, 1.54) is 4.31 Å². The number of para-hydroxylation sites is 1. The minimum Gasteiger partial charge on any atom is -0.348 e. The molecule has 0 spiro atoms. The molecule has 2 amide bonds. The largest absolute Gasteiger partial charge is 0.348 e. The van der Waals surface area contributed by atoms with Crippen LogP contribution in [0.5, 0.6) is 0 Å². The summed E-state index contributed by atoms with van der Waals surface area (Å²) in [5.41, 5.74) is 3.17. The van der Waals surface area contributed by atoms with E-state index in [-0.39, 0.29) is 11.8 Å². The van der Waals surface area contributed by atoms with Crippen molar-refractivity contribution in [1.82, 2.24) is 19.5 Å². The normalized spacial score (nSPS) is 14.3. The van der Waals surface area contributed by atoms with Gasteiger partial charge in [-0.3, -0.25) is 19.5 Å². The van der Waals surface area contributed by atoms with E-state index in [9.17, 15) is 18.0 Å². The van der Waals surface area contributed by atoms with Crippen LogP contribution < -0.4 is 10.6 Å². The Bertz CT molecular complexity index is 1590. The second-order valence-electron chi connectivity index (χ2n) is 9.73. The smallest absolute Gasteiger partial charge is 0.255 e. The lowest BCUT2D eigenvalue weighted by molar-refractivity contribution is 0.0951. The van der Waals surface area contributed by atoms with Crippen molar-refractivity contribution in [1.29, 1.82) is 0 Å². The summed E-state index contributed by atoms with van der Waals surface area (Å²) in [5, 5.41) is 5.72. The number of benzene rings is 3. The van der Waals surface area contributed by atoms with Crippen LogP contribution in [0, 0.1) is 0 Å². The molecule has 1 fully saturated rings. The third-order valence-corrected chi connectivity index (χ3v) is 8.84. The van der Waals surface area contributed by atoms with E-state index in [1.54, 1.807) is 85.2 Å². The first-order chi connectivity index (χ1) is 19.9. The number of rotatable bonds is 9. The van der Waals surface area contributed by atoms with E-state index in [2.05, 4.69) is 20.5 Å². The minimum atomic E-state index is -3.49. The highest BCUT2D eigenvalue weighted by atomic mass is 32.2. The molecular weight excluding hydrogens is 538 g/mol. The van der Waals surface area contributed by atoms with Crippen LogP contribution in [0.2, 0.25) is 0 Å². The van der Waals surface area contributed by atoms with E-state index in [4.69, 9.17) is 0 Å². The van der Waals surface area contributed by atoms with Gasteiger partial charge in [0.2, 0.25) is 10.0 Å². The Morgan fingerprint density at radius 3 is 2.17 bits per heavy atom. The van der Waals surface area contributed by atoms with Crippen LogP contribution in [0.25, 0.3) is 0 Å². The quantitative estimate of drug-likeness (QED) is 0.318. The molecule has 10 heteroatoms. The minimum absolute atomic E-state index is 0.295. The van der Waals surface area contributed by atoms with Gasteiger partial charge in [0, 0.05) is 57.2 Å². The summed E-state index contributed by atoms with van der Waals surface area (Å²) >= 11 is 0. The first-order valence-electron chi connectivity index (χ1n) is 13.3. The molecule has 1 aliphatic rings. The molecule has 1 saturated heterocycles. The standard InChI is InChI=1S/C31H31N5O4S/c37-30(34-29-11-5-4-10-28(29)31(38)33-22-25-7-6-16-32-21-25)26-14-12-24(13-15-26)23-35-17-19-36(20-18-35)41(39,40)27-8-2-1-3-9-27/h1-16,21H,17-20,22-23H2,(H,33,38)(H,34,37). The lowest BCUT2D eigenvalue weighted by atomic mass is 10.1. The molecule has 3 aromatic carbocycles. The summed E-state index contributed by atoms with van der Waals surface area (Å²) < 4.78 is 27.3. The van der Waals surface area contributed by atoms with Crippen LogP contribution in [-0.2, 0) is 23.1 Å². The van der Waals surface area contributed by atoms with Gasteiger partial charge in [0.25, 0.3) is 11.8 Å². The third kappa shape index (κ3) is 7.04. The predicted octanol–water partition coefficient (Wildman–Crippen LogP) is 3.77. The molecule has 0 radical (unpaired) electrons. The molecule has 5 rings (SSSR count). The van der Waals surface area contributed by atoms with Gasteiger partial charge < -0.3 is 10.6 Å². The van der Waals surface area contributed by atoms with Gasteiger partial charge in [-0.2, -0.15) is 4.31 Å². The van der Waals surface area contributed by atoms with Crippen molar-refractivity contribution in [2.24, 2.45) is 0 Å².